The van der Waals surface area contributed by atoms with E-state index in [4.69, 9.17) is 18.9 Å². The van der Waals surface area contributed by atoms with E-state index in [9.17, 15) is 9.59 Å². The van der Waals surface area contributed by atoms with Gasteiger partial charge in [-0.25, -0.2) is 0 Å². The van der Waals surface area contributed by atoms with Gasteiger partial charge in [0, 0.05) is 35.7 Å². The monoisotopic (exact) mass is 516 g/mol. The summed E-state index contributed by atoms with van der Waals surface area (Å²) in [4.78, 5) is 25.3. The molecule has 2 saturated heterocycles. The maximum Gasteiger partial charge on any atom is 0.255 e. The number of rotatable bonds is 10. The normalized spacial score (nSPS) is 18.6. The summed E-state index contributed by atoms with van der Waals surface area (Å²) < 4.78 is 22.7. The van der Waals surface area contributed by atoms with Crippen molar-refractivity contribution >= 4 is 23.2 Å². The summed E-state index contributed by atoms with van der Waals surface area (Å²) in [6.45, 7) is 2.65. The number of anilines is 2. The Labute approximate surface area is 222 Å². The summed E-state index contributed by atoms with van der Waals surface area (Å²) in [7, 11) is 0. The van der Waals surface area contributed by atoms with Crippen molar-refractivity contribution in [3.05, 3.63) is 83.9 Å². The lowest BCUT2D eigenvalue weighted by Crippen LogP contribution is -2.16. The number of carbonyl (C=O) groups is 2. The van der Waals surface area contributed by atoms with E-state index in [-0.39, 0.29) is 24.0 Å². The minimum absolute atomic E-state index is 0.154. The van der Waals surface area contributed by atoms with E-state index >= 15 is 0 Å². The number of hydrogen-bond donors (Lipinski definition) is 2. The van der Waals surface area contributed by atoms with Gasteiger partial charge in [-0.1, -0.05) is 0 Å². The Kier molecular flexibility index (Phi) is 8.53. The van der Waals surface area contributed by atoms with Gasteiger partial charge in [0.15, 0.2) is 0 Å². The number of ether oxygens (including phenoxy) is 4. The molecule has 2 fully saturated rings. The van der Waals surface area contributed by atoms with Crippen LogP contribution in [0.4, 0.5) is 11.4 Å². The fourth-order valence-electron chi connectivity index (χ4n) is 4.38. The zero-order valence-electron chi connectivity index (χ0n) is 21.2. The fourth-order valence-corrected chi connectivity index (χ4v) is 4.38. The first-order valence-corrected chi connectivity index (χ1v) is 13.0. The molecule has 5 rings (SSSR count). The zero-order chi connectivity index (χ0) is 26.2. The predicted octanol–water partition coefficient (Wildman–Crippen LogP) is 5.31. The van der Waals surface area contributed by atoms with Crippen molar-refractivity contribution in [2.45, 2.75) is 37.9 Å². The second-order valence-corrected chi connectivity index (χ2v) is 9.43. The van der Waals surface area contributed by atoms with Gasteiger partial charge >= 0.3 is 0 Å². The first-order chi connectivity index (χ1) is 18.6. The van der Waals surface area contributed by atoms with Crippen LogP contribution >= 0.6 is 0 Å². The molecule has 2 N–H and O–H groups in total. The lowest BCUT2D eigenvalue weighted by molar-refractivity contribution is 0.0679. The molecule has 3 aromatic carbocycles. The van der Waals surface area contributed by atoms with Crippen LogP contribution in [0.3, 0.4) is 0 Å². The van der Waals surface area contributed by atoms with Crippen molar-refractivity contribution in [1.29, 1.82) is 0 Å². The van der Waals surface area contributed by atoms with Gasteiger partial charge in [-0.15, -0.1) is 0 Å². The van der Waals surface area contributed by atoms with Gasteiger partial charge in [-0.3, -0.25) is 9.59 Å². The molecule has 3 aromatic rings. The Morgan fingerprint density at radius 1 is 0.632 bits per heavy atom. The fraction of sp³-hybridized carbons (Fsp3) is 0.333. The molecule has 0 bridgehead atoms. The Bertz CT molecular complexity index is 1100. The van der Waals surface area contributed by atoms with E-state index in [1.54, 1.807) is 48.5 Å². The molecular formula is C30H32N2O6. The molecular weight excluding hydrogens is 484 g/mol. The predicted molar refractivity (Wildman–Crippen MR) is 144 cm³/mol. The number of carbonyl (C=O) groups excluding carboxylic acids is 2. The molecule has 0 aliphatic carbocycles. The third-order valence-electron chi connectivity index (χ3n) is 6.55. The molecule has 198 valence electrons. The summed E-state index contributed by atoms with van der Waals surface area (Å²) >= 11 is 0. The van der Waals surface area contributed by atoms with Crippen molar-refractivity contribution in [2.24, 2.45) is 0 Å². The van der Waals surface area contributed by atoms with E-state index in [2.05, 4.69) is 10.6 Å². The number of hydrogen-bond acceptors (Lipinski definition) is 6. The lowest BCUT2D eigenvalue weighted by atomic mass is 10.1. The average molecular weight is 517 g/mol. The minimum atomic E-state index is -0.261. The first kappa shape index (κ1) is 25.8. The summed E-state index contributed by atoms with van der Waals surface area (Å²) in [6.07, 6.45) is 4.50. The third kappa shape index (κ3) is 7.12. The van der Waals surface area contributed by atoms with Crippen molar-refractivity contribution in [2.75, 3.05) is 37.1 Å². The van der Waals surface area contributed by atoms with Gasteiger partial charge in [0.05, 0.1) is 12.2 Å². The Morgan fingerprint density at radius 2 is 1.03 bits per heavy atom. The largest absolute Gasteiger partial charge is 0.491 e. The standard InChI is InChI=1S/C30H32N2O6/c33-29(31-23-9-13-25(14-10-23)37-19-27-3-1-17-35-27)21-5-7-22(8-6-21)30(34)32-24-11-15-26(16-12-24)38-20-28-4-2-18-36-28/h5-16,27-28H,1-4,17-20H2,(H,31,33)(H,32,34). The summed E-state index contributed by atoms with van der Waals surface area (Å²) in [5, 5.41) is 5.73. The van der Waals surface area contributed by atoms with Gasteiger partial charge in [0.25, 0.3) is 11.8 Å². The molecule has 2 aliphatic rings. The molecule has 0 spiro atoms. The highest BCUT2D eigenvalue weighted by Gasteiger charge is 2.17. The maximum absolute atomic E-state index is 12.7. The van der Waals surface area contributed by atoms with Gasteiger partial charge in [0.1, 0.15) is 24.7 Å². The summed E-state index contributed by atoms with van der Waals surface area (Å²) in [5.41, 5.74) is 2.22. The topological polar surface area (TPSA) is 95.1 Å². The third-order valence-corrected chi connectivity index (χ3v) is 6.55. The van der Waals surface area contributed by atoms with Gasteiger partial charge < -0.3 is 29.6 Å². The molecule has 38 heavy (non-hydrogen) atoms. The van der Waals surface area contributed by atoms with Crippen LogP contribution in [0.15, 0.2) is 72.8 Å². The van der Waals surface area contributed by atoms with E-state index < -0.39 is 0 Å². The summed E-state index contributed by atoms with van der Waals surface area (Å²) in [6, 6.07) is 21.0. The van der Waals surface area contributed by atoms with Crippen LogP contribution in [-0.2, 0) is 9.47 Å². The highest BCUT2D eigenvalue weighted by Crippen LogP contribution is 2.21. The van der Waals surface area contributed by atoms with E-state index in [0.29, 0.717) is 35.7 Å². The molecule has 8 heteroatoms. The molecule has 2 heterocycles. The van der Waals surface area contributed by atoms with Crippen molar-refractivity contribution in [3.63, 3.8) is 0 Å². The van der Waals surface area contributed by atoms with Crippen LogP contribution in [0, 0.1) is 0 Å². The van der Waals surface area contributed by atoms with Crippen LogP contribution in [0.25, 0.3) is 0 Å². The van der Waals surface area contributed by atoms with Crippen LogP contribution < -0.4 is 20.1 Å². The van der Waals surface area contributed by atoms with Crippen molar-refractivity contribution in [3.8, 4) is 11.5 Å². The van der Waals surface area contributed by atoms with Crippen molar-refractivity contribution in [1.82, 2.24) is 0 Å². The Morgan fingerprint density at radius 3 is 1.37 bits per heavy atom. The van der Waals surface area contributed by atoms with Gasteiger partial charge in [-0.05, 0) is 98.5 Å². The minimum Gasteiger partial charge on any atom is -0.491 e. The van der Waals surface area contributed by atoms with Crippen LogP contribution in [0.5, 0.6) is 11.5 Å². The van der Waals surface area contributed by atoms with Gasteiger partial charge in [-0.2, -0.15) is 0 Å². The Balaban J connectivity index is 1.08. The lowest BCUT2D eigenvalue weighted by Gasteiger charge is -2.12. The molecule has 0 saturated carbocycles. The number of nitrogens with one attached hydrogen (secondary N) is 2. The van der Waals surface area contributed by atoms with E-state index in [1.165, 1.54) is 0 Å². The highest BCUT2D eigenvalue weighted by molar-refractivity contribution is 6.07. The molecule has 2 aliphatic heterocycles. The van der Waals surface area contributed by atoms with Gasteiger partial charge in [0.2, 0.25) is 0 Å². The molecule has 8 nitrogen and oxygen atoms in total. The van der Waals surface area contributed by atoms with E-state index in [1.807, 2.05) is 24.3 Å². The average Bonchev–Trinajstić information content (AvgIpc) is 3.67. The second kappa shape index (κ2) is 12.6. The first-order valence-electron chi connectivity index (χ1n) is 13.0. The molecule has 2 atom stereocenters. The molecule has 2 unspecified atom stereocenters. The van der Waals surface area contributed by atoms with E-state index in [0.717, 1.165) is 50.4 Å². The maximum atomic E-state index is 12.7. The number of amides is 2. The SMILES string of the molecule is O=C(Nc1ccc(OCC2CCCO2)cc1)c1ccc(C(=O)Nc2ccc(OCC3CCCO3)cc2)cc1. The zero-order valence-corrected chi connectivity index (χ0v) is 21.2. The molecule has 2 amide bonds. The quantitative estimate of drug-likeness (QED) is 0.379. The van der Waals surface area contributed by atoms with Crippen LogP contribution in [-0.4, -0.2) is 50.4 Å². The molecule has 0 radical (unpaired) electrons. The number of benzene rings is 3. The smallest absolute Gasteiger partial charge is 0.255 e. The summed E-state index contributed by atoms with van der Waals surface area (Å²) in [5.74, 6) is 0.941. The van der Waals surface area contributed by atoms with Crippen molar-refractivity contribution < 1.29 is 28.5 Å². The molecule has 0 aromatic heterocycles. The Hall–Kier alpha value is -3.88. The van der Waals surface area contributed by atoms with Crippen LogP contribution in [0.2, 0.25) is 0 Å². The highest BCUT2D eigenvalue weighted by atomic mass is 16.5. The van der Waals surface area contributed by atoms with Crippen LogP contribution in [0.1, 0.15) is 46.4 Å². The second-order valence-electron chi connectivity index (χ2n) is 9.43.